The second-order valence-corrected chi connectivity index (χ2v) is 7.66. The molecule has 2 aliphatic heterocycles. The van der Waals surface area contributed by atoms with Crippen molar-refractivity contribution in [3.05, 3.63) is 58.1 Å². The normalized spacial score (nSPS) is 21.6. The third kappa shape index (κ3) is 3.84. The number of carbonyl (C=O) groups is 1. The molecule has 1 fully saturated rings. The first-order valence-electron chi connectivity index (χ1n) is 9.05. The lowest BCUT2D eigenvalue weighted by Crippen LogP contribution is -2.46. The molecule has 0 saturated carbocycles. The summed E-state index contributed by atoms with van der Waals surface area (Å²) in [5.74, 6) is -0.141. The van der Waals surface area contributed by atoms with Gasteiger partial charge in [0.1, 0.15) is 11.9 Å². The Balaban J connectivity index is 1.76. The van der Waals surface area contributed by atoms with E-state index in [1.807, 2.05) is 6.07 Å². The number of alkyl halides is 2. The van der Waals surface area contributed by atoms with Gasteiger partial charge >= 0.3 is 6.61 Å². The van der Waals surface area contributed by atoms with Crippen molar-refractivity contribution in [3.8, 4) is 5.75 Å². The van der Waals surface area contributed by atoms with Crippen LogP contribution in [0, 0.1) is 0 Å². The predicted molar refractivity (Wildman–Crippen MR) is 104 cm³/mol. The van der Waals surface area contributed by atoms with E-state index in [9.17, 15) is 13.6 Å². The number of para-hydroxylation sites is 1. The number of carbonyl (C=O) groups excluding carboxylic acids is 1. The predicted octanol–water partition coefficient (Wildman–Crippen LogP) is 4.80. The maximum atomic E-state index is 13.2. The lowest BCUT2D eigenvalue weighted by molar-refractivity contribution is -0.0511. The summed E-state index contributed by atoms with van der Waals surface area (Å²) in [7, 11) is 0. The Morgan fingerprint density at radius 3 is 2.86 bits per heavy atom. The zero-order valence-corrected chi connectivity index (χ0v) is 16.5. The van der Waals surface area contributed by atoms with E-state index >= 15 is 0 Å². The fourth-order valence-corrected chi connectivity index (χ4v) is 4.05. The van der Waals surface area contributed by atoms with Crippen LogP contribution < -0.4 is 10.1 Å². The molecule has 2 aromatic carbocycles. The average molecular weight is 453 g/mol. The number of nitrogens with zero attached hydrogens (tertiary/aromatic N) is 1. The molecular formula is C20H19BrF2N2O3. The van der Waals surface area contributed by atoms with Crippen LogP contribution in [-0.4, -0.2) is 36.7 Å². The number of anilines is 1. The minimum Gasteiger partial charge on any atom is -0.434 e. The van der Waals surface area contributed by atoms with Gasteiger partial charge < -0.3 is 19.7 Å². The number of hydrogen-bond acceptors (Lipinski definition) is 4. The van der Waals surface area contributed by atoms with Gasteiger partial charge in [0.05, 0.1) is 11.7 Å². The Bertz CT molecular complexity index is 874. The van der Waals surface area contributed by atoms with Crippen LogP contribution >= 0.6 is 15.9 Å². The van der Waals surface area contributed by atoms with E-state index in [0.29, 0.717) is 34.4 Å². The zero-order chi connectivity index (χ0) is 19.7. The molecule has 0 bridgehead atoms. The van der Waals surface area contributed by atoms with Gasteiger partial charge in [-0.05, 0) is 43.2 Å². The van der Waals surface area contributed by atoms with Crippen LogP contribution in [0.15, 0.2) is 46.9 Å². The van der Waals surface area contributed by atoms with Crippen LogP contribution in [0.4, 0.5) is 14.5 Å². The van der Waals surface area contributed by atoms with Gasteiger partial charge in [0.15, 0.2) is 0 Å². The van der Waals surface area contributed by atoms with E-state index in [1.54, 1.807) is 35.2 Å². The monoisotopic (exact) mass is 452 g/mol. The highest BCUT2D eigenvalue weighted by atomic mass is 79.9. The Kier molecular flexibility index (Phi) is 5.50. The summed E-state index contributed by atoms with van der Waals surface area (Å²) in [6.07, 6.45) is 1.07. The summed E-state index contributed by atoms with van der Waals surface area (Å²) >= 11 is 3.39. The summed E-state index contributed by atoms with van der Waals surface area (Å²) in [6, 6.07) is 12.0. The summed E-state index contributed by atoms with van der Waals surface area (Å²) < 4.78 is 37.1. The number of amides is 1. The molecule has 0 unspecified atom stereocenters. The molecule has 0 aliphatic carbocycles. The number of halogens is 3. The SMILES string of the molecule is O=C1c2ccccc2N[C@H](c2cc(Br)ccc2OC(F)F)N1C[C@H]1CCCO1. The fourth-order valence-electron chi connectivity index (χ4n) is 3.67. The molecule has 2 heterocycles. The molecular weight excluding hydrogens is 434 g/mol. The van der Waals surface area contributed by atoms with Gasteiger partial charge in [-0.3, -0.25) is 4.79 Å². The van der Waals surface area contributed by atoms with E-state index in [-0.39, 0.29) is 17.8 Å². The summed E-state index contributed by atoms with van der Waals surface area (Å²) in [5, 5.41) is 3.31. The van der Waals surface area contributed by atoms with Crippen molar-refractivity contribution < 1.29 is 23.0 Å². The molecule has 2 aromatic rings. The first-order chi connectivity index (χ1) is 13.5. The molecule has 0 spiro atoms. The second kappa shape index (κ2) is 8.05. The van der Waals surface area contributed by atoms with Crippen LogP contribution in [0.3, 0.4) is 0 Å². The number of fused-ring (bicyclic) bond motifs is 1. The highest BCUT2D eigenvalue weighted by Crippen LogP contribution is 2.39. The first-order valence-corrected chi connectivity index (χ1v) is 9.84. The smallest absolute Gasteiger partial charge is 0.387 e. The van der Waals surface area contributed by atoms with Crippen LogP contribution in [0.5, 0.6) is 5.75 Å². The van der Waals surface area contributed by atoms with E-state index in [4.69, 9.17) is 9.47 Å². The second-order valence-electron chi connectivity index (χ2n) is 6.75. The molecule has 1 N–H and O–H groups in total. The van der Waals surface area contributed by atoms with Gasteiger partial charge in [-0.25, -0.2) is 0 Å². The number of hydrogen-bond donors (Lipinski definition) is 1. The number of benzene rings is 2. The highest BCUT2D eigenvalue weighted by molar-refractivity contribution is 9.10. The minimum absolute atomic E-state index is 0.0280. The molecule has 1 saturated heterocycles. The van der Waals surface area contributed by atoms with E-state index in [0.717, 1.165) is 12.8 Å². The van der Waals surface area contributed by atoms with E-state index < -0.39 is 12.8 Å². The maximum absolute atomic E-state index is 13.2. The molecule has 4 rings (SSSR count). The molecule has 28 heavy (non-hydrogen) atoms. The van der Waals surface area contributed by atoms with Crippen molar-refractivity contribution in [1.82, 2.24) is 4.90 Å². The van der Waals surface area contributed by atoms with E-state index in [1.165, 1.54) is 6.07 Å². The number of nitrogens with one attached hydrogen (secondary N) is 1. The third-order valence-corrected chi connectivity index (χ3v) is 5.42. The van der Waals surface area contributed by atoms with Gasteiger partial charge in [-0.15, -0.1) is 0 Å². The molecule has 2 atom stereocenters. The van der Waals surface area contributed by atoms with Gasteiger partial charge in [-0.2, -0.15) is 8.78 Å². The van der Waals surface area contributed by atoms with Crippen LogP contribution in [0.2, 0.25) is 0 Å². The van der Waals surface area contributed by atoms with Crippen molar-refractivity contribution in [2.24, 2.45) is 0 Å². The Morgan fingerprint density at radius 2 is 2.11 bits per heavy atom. The lowest BCUT2D eigenvalue weighted by Gasteiger charge is -2.39. The lowest BCUT2D eigenvalue weighted by atomic mass is 10.0. The highest BCUT2D eigenvalue weighted by Gasteiger charge is 2.36. The van der Waals surface area contributed by atoms with Crippen molar-refractivity contribution >= 4 is 27.5 Å². The quantitative estimate of drug-likeness (QED) is 0.707. The molecule has 148 valence electrons. The van der Waals surface area contributed by atoms with Gasteiger partial charge in [0, 0.05) is 28.9 Å². The minimum atomic E-state index is -2.96. The maximum Gasteiger partial charge on any atom is 0.387 e. The van der Waals surface area contributed by atoms with Gasteiger partial charge in [-0.1, -0.05) is 28.1 Å². The molecule has 5 nitrogen and oxygen atoms in total. The molecule has 8 heteroatoms. The van der Waals surface area contributed by atoms with Crippen LogP contribution in [0.1, 0.15) is 34.9 Å². The standard InChI is InChI=1S/C20H19BrF2N2O3/c21-12-7-8-17(28-20(22)23)15(10-12)18-24-16-6-2-1-5-14(16)19(26)25(18)11-13-4-3-9-27-13/h1-2,5-8,10,13,18,20,24H,3-4,9,11H2/t13-,18+/m1/s1. The number of rotatable bonds is 5. The Morgan fingerprint density at radius 1 is 1.29 bits per heavy atom. The topological polar surface area (TPSA) is 50.8 Å². The fraction of sp³-hybridized carbons (Fsp3) is 0.350. The van der Waals surface area contributed by atoms with Crippen LogP contribution in [0.25, 0.3) is 0 Å². The summed E-state index contributed by atoms with van der Waals surface area (Å²) in [4.78, 5) is 14.9. The van der Waals surface area contributed by atoms with Crippen molar-refractivity contribution in [3.63, 3.8) is 0 Å². The molecule has 0 aromatic heterocycles. The largest absolute Gasteiger partial charge is 0.434 e. The van der Waals surface area contributed by atoms with Gasteiger partial charge in [0.25, 0.3) is 5.91 Å². The first kappa shape index (κ1) is 19.1. The Labute approximate surface area is 169 Å². The van der Waals surface area contributed by atoms with Crippen LogP contribution in [-0.2, 0) is 4.74 Å². The Hall–Kier alpha value is -2.19. The average Bonchev–Trinajstić information content (AvgIpc) is 3.18. The van der Waals surface area contributed by atoms with E-state index in [2.05, 4.69) is 21.2 Å². The van der Waals surface area contributed by atoms with Crippen molar-refractivity contribution in [1.29, 1.82) is 0 Å². The molecule has 2 aliphatic rings. The number of ether oxygens (including phenoxy) is 2. The summed E-state index contributed by atoms with van der Waals surface area (Å²) in [6.45, 7) is -1.93. The molecule has 0 radical (unpaired) electrons. The summed E-state index contributed by atoms with van der Waals surface area (Å²) in [5.41, 5.74) is 1.66. The molecule has 1 amide bonds. The van der Waals surface area contributed by atoms with Crippen molar-refractivity contribution in [2.45, 2.75) is 31.7 Å². The third-order valence-electron chi connectivity index (χ3n) is 4.93. The van der Waals surface area contributed by atoms with Crippen molar-refractivity contribution in [2.75, 3.05) is 18.5 Å². The zero-order valence-electron chi connectivity index (χ0n) is 14.9. The van der Waals surface area contributed by atoms with Gasteiger partial charge in [0.2, 0.25) is 0 Å².